The van der Waals surface area contributed by atoms with E-state index < -0.39 is 5.97 Å². The minimum atomic E-state index is -0.896. The van der Waals surface area contributed by atoms with Crippen LogP contribution in [-0.4, -0.2) is 32.9 Å². The van der Waals surface area contributed by atoms with Crippen LogP contribution in [0.1, 0.15) is 5.56 Å². The molecule has 0 radical (unpaired) electrons. The summed E-state index contributed by atoms with van der Waals surface area (Å²) in [5, 5.41) is 19.7. The molecule has 0 spiro atoms. The fourth-order valence-corrected chi connectivity index (χ4v) is 3.10. The molecule has 0 aliphatic carbocycles. The van der Waals surface area contributed by atoms with Gasteiger partial charge in [-0.25, -0.2) is 0 Å². The first-order valence-electron chi connectivity index (χ1n) is 7.82. The molecule has 3 aromatic rings. The number of nitrogens with zero attached hydrogens (tertiary/aromatic N) is 2. The first-order valence-corrected chi connectivity index (χ1v) is 9.89. The highest BCUT2D eigenvalue weighted by molar-refractivity contribution is 14.1. The van der Waals surface area contributed by atoms with E-state index in [9.17, 15) is 9.59 Å². The summed E-state index contributed by atoms with van der Waals surface area (Å²) in [6.45, 7) is 0. The lowest BCUT2D eigenvalue weighted by Crippen LogP contribution is -2.14. The molecule has 0 unspecified atom stereocenters. The Morgan fingerprint density at radius 2 is 1.78 bits per heavy atom. The summed E-state index contributed by atoms with van der Waals surface area (Å²) in [6.07, 6.45) is -0.0514. The van der Waals surface area contributed by atoms with Crippen LogP contribution in [-0.2, 0) is 16.0 Å². The number of benzene rings is 2. The molecule has 9 heteroatoms. The van der Waals surface area contributed by atoms with Gasteiger partial charge in [-0.05, 0) is 64.6 Å². The predicted molar refractivity (Wildman–Crippen MR) is 110 cm³/mol. The third kappa shape index (κ3) is 5.79. The summed E-state index contributed by atoms with van der Waals surface area (Å²) < 4.78 is 6.67. The maximum absolute atomic E-state index is 12.0. The molecule has 3 rings (SSSR count). The number of hydrogen-bond donors (Lipinski definition) is 2. The molecule has 0 aliphatic rings. The third-order valence-corrected chi connectivity index (χ3v) is 4.96. The Kier molecular flexibility index (Phi) is 6.45. The minimum absolute atomic E-state index is 0.0514. The number of thioether (sulfide) groups is 1. The Labute approximate surface area is 172 Å². The van der Waals surface area contributed by atoms with Crippen LogP contribution in [0.4, 0.5) is 5.69 Å². The van der Waals surface area contributed by atoms with Crippen LogP contribution in [0.3, 0.4) is 0 Å². The van der Waals surface area contributed by atoms with Crippen molar-refractivity contribution in [2.24, 2.45) is 0 Å². The molecule has 1 amide bonds. The molecule has 0 saturated carbocycles. The van der Waals surface area contributed by atoms with Gasteiger partial charge in [0.15, 0.2) is 0 Å². The summed E-state index contributed by atoms with van der Waals surface area (Å²) in [6, 6.07) is 14.4. The largest absolute Gasteiger partial charge is 0.481 e. The van der Waals surface area contributed by atoms with E-state index >= 15 is 0 Å². The fourth-order valence-electron chi connectivity index (χ4n) is 2.18. The summed E-state index contributed by atoms with van der Waals surface area (Å²) in [5.41, 5.74) is 2.09. The van der Waals surface area contributed by atoms with Gasteiger partial charge < -0.3 is 14.8 Å². The first-order chi connectivity index (χ1) is 13.0. The summed E-state index contributed by atoms with van der Waals surface area (Å²) in [7, 11) is 0. The number of nitrogens with one attached hydrogen (secondary N) is 1. The maximum Gasteiger partial charge on any atom is 0.307 e. The molecule has 2 N–H and O–H groups in total. The molecule has 0 atom stereocenters. The Morgan fingerprint density at radius 3 is 2.44 bits per heavy atom. The lowest BCUT2D eigenvalue weighted by atomic mass is 10.1. The summed E-state index contributed by atoms with van der Waals surface area (Å²) in [5.74, 6) is -0.596. The van der Waals surface area contributed by atoms with E-state index in [0.29, 0.717) is 22.4 Å². The standard InChI is InChI=1S/C18H14IN3O4S/c19-13-5-3-12(4-6-13)17-21-22-18(26-17)27-10-15(23)20-14-7-1-11(2-8-14)9-16(24)25/h1-8H,9-10H2,(H,20,23)(H,24,25). The zero-order valence-electron chi connectivity index (χ0n) is 13.9. The topological polar surface area (TPSA) is 105 Å². The van der Waals surface area contributed by atoms with Crippen molar-refractivity contribution in [3.8, 4) is 11.5 Å². The quantitative estimate of drug-likeness (QED) is 0.381. The summed E-state index contributed by atoms with van der Waals surface area (Å²) in [4.78, 5) is 22.7. The van der Waals surface area contributed by atoms with E-state index in [2.05, 4.69) is 38.1 Å². The number of rotatable bonds is 7. The second-order valence-electron chi connectivity index (χ2n) is 5.48. The Morgan fingerprint density at radius 1 is 1.07 bits per heavy atom. The smallest absolute Gasteiger partial charge is 0.307 e. The fraction of sp³-hybridized carbons (Fsp3) is 0.111. The first kappa shape index (κ1) is 19.4. The number of hydrogen-bond acceptors (Lipinski definition) is 6. The van der Waals surface area contributed by atoms with Gasteiger partial charge in [0, 0.05) is 14.8 Å². The van der Waals surface area contributed by atoms with Crippen molar-refractivity contribution in [3.05, 3.63) is 57.7 Å². The van der Waals surface area contributed by atoms with Gasteiger partial charge in [0.2, 0.25) is 11.8 Å². The molecular weight excluding hydrogens is 481 g/mol. The lowest BCUT2D eigenvalue weighted by molar-refractivity contribution is -0.136. The van der Waals surface area contributed by atoms with Gasteiger partial charge in [0.1, 0.15) is 0 Å². The maximum atomic E-state index is 12.0. The predicted octanol–water partition coefficient (Wildman–Crippen LogP) is 3.70. The van der Waals surface area contributed by atoms with Gasteiger partial charge in [-0.1, -0.05) is 23.9 Å². The number of carbonyl (C=O) groups is 2. The average molecular weight is 495 g/mol. The van der Waals surface area contributed by atoms with Crippen LogP contribution in [0.15, 0.2) is 58.2 Å². The van der Waals surface area contributed by atoms with Gasteiger partial charge >= 0.3 is 5.97 Å². The van der Waals surface area contributed by atoms with Crippen LogP contribution >= 0.6 is 34.4 Å². The number of carbonyl (C=O) groups excluding carboxylic acids is 1. The minimum Gasteiger partial charge on any atom is -0.481 e. The molecular formula is C18H14IN3O4S. The number of aliphatic carboxylic acids is 1. The molecule has 0 saturated heterocycles. The second-order valence-corrected chi connectivity index (χ2v) is 7.66. The van der Waals surface area contributed by atoms with Crippen LogP contribution in [0.25, 0.3) is 11.5 Å². The number of amides is 1. The van der Waals surface area contributed by atoms with Gasteiger partial charge in [0.25, 0.3) is 5.22 Å². The highest BCUT2D eigenvalue weighted by atomic mass is 127. The van der Waals surface area contributed by atoms with Gasteiger partial charge in [-0.2, -0.15) is 0 Å². The molecule has 7 nitrogen and oxygen atoms in total. The highest BCUT2D eigenvalue weighted by Crippen LogP contribution is 2.24. The molecule has 138 valence electrons. The molecule has 2 aromatic carbocycles. The molecule has 1 aromatic heterocycles. The van der Waals surface area contributed by atoms with Crippen molar-refractivity contribution in [2.75, 3.05) is 11.1 Å². The zero-order chi connectivity index (χ0) is 19.2. The van der Waals surface area contributed by atoms with Crippen LogP contribution in [0.5, 0.6) is 0 Å². The lowest BCUT2D eigenvalue weighted by Gasteiger charge is -2.05. The summed E-state index contributed by atoms with van der Waals surface area (Å²) >= 11 is 3.36. The van der Waals surface area contributed by atoms with Crippen molar-refractivity contribution in [1.29, 1.82) is 0 Å². The monoisotopic (exact) mass is 495 g/mol. The number of carboxylic acid groups (broad SMARTS) is 1. The van der Waals surface area contributed by atoms with E-state index in [4.69, 9.17) is 9.52 Å². The SMILES string of the molecule is O=C(O)Cc1ccc(NC(=O)CSc2nnc(-c3ccc(I)cc3)o2)cc1. The van der Waals surface area contributed by atoms with E-state index in [1.807, 2.05) is 24.3 Å². The van der Waals surface area contributed by atoms with Crippen molar-refractivity contribution in [3.63, 3.8) is 0 Å². The average Bonchev–Trinajstić information content (AvgIpc) is 3.11. The highest BCUT2D eigenvalue weighted by Gasteiger charge is 2.11. The van der Waals surface area contributed by atoms with Crippen molar-refractivity contribution >= 4 is 51.9 Å². The Balaban J connectivity index is 1.52. The Bertz CT molecular complexity index is 942. The third-order valence-electron chi connectivity index (χ3n) is 3.42. The van der Waals surface area contributed by atoms with Crippen LogP contribution in [0.2, 0.25) is 0 Å². The van der Waals surface area contributed by atoms with E-state index in [0.717, 1.165) is 20.9 Å². The Hall–Kier alpha value is -2.40. The zero-order valence-corrected chi connectivity index (χ0v) is 16.9. The van der Waals surface area contributed by atoms with Crippen molar-refractivity contribution in [1.82, 2.24) is 10.2 Å². The van der Waals surface area contributed by atoms with Gasteiger partial charge in [-0.15, -0.1) is 10.2 Å². The molecule has 27 heavy (non-hydrogen) atoms. The molecule has 0 fully saturated rings. The molecule has 0 bridgehead atoms. The van der Waals surface area contributed by atoms with Gasteiger partial charge in [0.05, 0.1) is 12.2 Å². The van der Waals surface area contributed by atoms with Crippen molar-refractivity contribution < 1.29 is 19.1 Å². The second kappa shape index (κ2) is 9.00. The van der Waals surface area contributed by atoms with E-state index in [-0.39, 0.29) is 18.1 Å². The van der Waals surface area contributed by atoms with E-state index in [1.54, 1.807) is 24.3 Å². The number of carboxylic acids is 1. The number of halogens is 1. The van der Waals surface area contributed by atoms with Crippen LogP contribution in [0, 0.1) is 3.57 Å². The number of anilines is 1. The van der Waals surface area contributed by atoms with E-state index in [1.165, 1.54) is 0 Å². The van der Waals surface area contributed by atoms with Crippen LogP contribution < -0.4 is 5.32 Å². The molecule has 1 heterocycles. The van der Waals surface area contributed by atoms with Gasteiger partial charge in [-0.3, -0.25) is 9.59 Å². The molecule has 0 aliphatic heterocycles. The normalized spacial score (nSPS) is 10.6. The van der Waals surface area contributed by atoms with Crippen molar-refractivity contribution in [2.45, 2.75) is 11.6 Å². The number of aromatic nitrogens is 2.